The molecule has 1 heterocycles. The Morgan fingerprint density at radius 3 is 2.00 bits per heavy atom. The van der Waals surface area contributed by atoms with E-state index in [0.717, 1.165) is 6.20 Å². The van der Waals surface area contributed by atoms with Crippen LogP contribution in [0, 0.1) is 34.3 Å². The van der Waals surface area contributed by atoms with Gasteiger partial charge in [-0.1, -0.05) is 0 Å². The molecule has 0 aliphatic carbocycles. The Morgan fingerprint density at radius 2 is 1.45 bits per heavy atom. The molecule has 0 unspecified atom stereocenters. The zero-order valence-corrected chi connectivity index (χ0v) is 9.76. The molecule has 2 aromatic rings. The summed E-state index contributed by atoms with van der Waals surface area (Å²) < 4.78 is 65.8. The van der Waals surface area contributed by atoms with Gasteiger partial charge in [0.1, 0.15) is 12.2 Å². The first kappa shape index (κ1) is 14.0. The molecule has 1 aromatic heterocycles. The van der Waals surface area contributed by atoms with E-state index in [1.54, 1.807) is 0 Å². The fourth-order valence-electron chi connectivity index (χ4n) is 1.54. The lowest BCUT2D eigenvalue weighted by Crippen LogP contribution is -2.32. The predicted molar refractivity (Wildman–Crippen MR) is 59.0 cm³/mol. The molecule has 0 aliphatic rings. The lowest BCUT2D eigenvalue weighted by molar-refractivity contribution is -0.613. The van der Waals surface area contributed by atoms with Crippen LogP contribution < -0.4 is 10.0 Å². The van der Waals surface area contributed by atoms with Gasteiger partial charge in [0, 0.05) is 12.1 Å². The molecule has 1 aromatic carbocycles. The predicted octanol–water partition coefficient (Wildman–Crippen LogP) is 2.63. The van der Waals surface area contributed by atoms with E-state index in [4.69, 9.17) is 0 Å². The summed E-state index contributed by atoms with van der Waals surface area (Å²) in [5.74, 6) is -10.3. The van der Waals surface area contributed by atoms with Crippen LogP contribution in [0.3, 0.4) is 0 Å². The number of benzene rings is 1. The number of hydrogen-bond donors (Lipinski definition) is 1. The van der Waals surface area contributed by atoms with Gasteiger partial charge >= 0.3 is 0 Å². The second-order valence-electron chi connectivity index (χ2n) is 3.82. The molecule has 0 bridgehead atoms. The number of anilines is 1. The second-order valence-corrected chi connectivity index (χ2v) is 3.82. The van der Waals surface area contributed by atoms with Gasteiger partial charge in [0.15, 0.2) is 29.5 Å². The number of nitrogens with one attached hydrogen (secondary N) is 1. The van der Waals surface area contributed by atoms with Gasteiger partial charge in [0.25, 0.3) is 0 Å². The number of nitrogens with zero attached hydrogens (tertiary/aromatic N) is 1. The van der Waals surface area contributed by atoms with Gasteiger partial charge in [0.05, 0.1) is 0 Å². The Kier molecular flexibility index (Phi) is 3.73. The molecule has 0 amide bonds. The lowest BCUT2D eigenvalue weighted by atomic mass is 10.2. The summed E-state index contributed by atoms with van der Waals surface area (Å²) >= 11 is 0. The van der Waals surface area contributed by atoms with Gasteiger partial charge in [-0.25, -0.2) is 22.0 Å². The Balaban J connectivity index is 2.33. The summed E-state index contributed by atoms with van der Waals surface area (Å²) in [5, 5.41) is 13.3. The van der Waals surface area contributed by atoms with Gasteiger partial charge < -0.3 is 10.5 Å². The average molecular weight is 290 g/mol. The third-order valence-electron chi connectivity index (χ3n) is 2.56. The van der Waals surface area contributed by atoms with Crippen molar-refractivity contribution >= 4 is 5.69 Å². The third-order valence-corrected chi connectivity index (χ3v) is 2.56. The van der Waals surface area contributed by atoms with Crippen molar-refractivity contribution in [2.45, 2.75) is 6.54 Å². The zero-order valence-electron chi connectivity index (χ0n) is 9.76. The normalized spacial score (nSPS) is 10.7. The smallest absolute Gasteiger partial charge is 0.211 e. The van der Waals surface area contributed by atoms with Crippen LogP contribution in [0.5, 0.6) is 0 Å². The van der Waals surface area contributed by atoms with Crippen molar-refractivity contribution < 1.29 is 26.7 Å². The van der Waals surface area contributed by atoms with Crippen molar-refractivity contribution in [2.24, 2.45) is 0 Å². The Morgan fingerprint density at radius 1 is 0.900 bits per heavy atom. The van der Waals surface area contributed by atoms with E-state index in [1.807, 2.05) is 5.32 Å². The van der Waals surface area contributed by atoms with E-state index in [1.165, 1.54) is 18.2 Å². The molecule has 1 N–H and O–H groups in total. The topological polar surface area (TPSA) is 39.0 Å². The lowest BCUT2D eigenvalue weighted by Gasteiger charge is -2.10. The van der Waals surface area contributed by atoms with Crippen molar-refractivity contribution in [3.63, 3.8) is 0 Å². The van der Waals surface area contributed by atoms with Crippen LogP contribution in [-0.2, 0) is 6.54 Å². The van der Waals surface area contributed by atoms with Crippen LogP contribution in [-0.4, -0.2) is 0 Å². The Bertz CT molecular complexity index is 634. The summed E-state index contributed by atoms with van der Waals surface area (Å²) in [4.78, 5) is 0. The maximum absolute atomic E-state index is 13.3. The standard InChI is InChI=1S/C12H7F5N2O/c13-7-8(14)10(16)12(11(17)9(7)15)18-5-6-3-1-2-4-19(6)20/h1-4,18H,5H2. The second kappa shape index (κ2) is 5.32. The molecule has 0 radical (unpaired) electrons. The molecule has 3 nitrogen and oxygen atoms in total. The van der Waals surface area contributed by atoms with Gasteiger partial charge in [-0.15, -0.1) is 0 Å². The fourth-order valence-corrected chi connectivity index (χ4v) is 1.54. The van der Waals surface area contributed by atoms with Crippen LogP contribution in [0.1, 0.15) is 5.69 Å². The Labute approximate surface area is 109 Å². The highest BCUT2D eigenvalue weighted by atomic mass is 19.2. The maximum atomic E-state index is 13.3. The van der Waals surface area contributed by atoms with Gasteiger partial charge in [-0.3, -0.25) is 0 Å². The molecule has 2 rings (SSSR count). The summed E-state index contributed by atoms with van der Waals surface area (Å²) in [5.41, 5.74) is -1.12. The first-order chi connectivity index (χ1) is 9.43. The van der Waals surface area contributed by atoms with E-state index in [9.17, 15) is 27.2 Å². The van der Waals surface area contributed by atoms with Gasteiger partial charge in [0.2, 0.25) is 11.5 Å². The van der Waals surface area contributed by atoms with E-state index in [-0.39, 0.29) is 5.69 Å². The number of aromatic nitrogens is 1. The van der Waals surface area contributed by atoms with Crippen LogP contribution >= 0.6 is 0 Å². The highest BCUT2D eigenvalue weighted by Crippen LogP contribution is 2.27. The van der Waals surface area contributed by atoms with Gasteiger partial charge in [-0.2, -0.15) is 4.73 Å². The number of rotatable bonds is 3. The molecule has 0 saturated heterocycles. The van der Waals surface area contributed by atoms with Crippen molar-refractivity contribution in [2.75, 3.05) is 5.32 Å². The van der Waals surface area contributed by atoms with E-state index >= 15 is 0 Å². The van der Waals surface area contributed by atoms with Crippen LogP contribution in [0.25, 0.3) is 0 Å². The fraction of sp³-hybridized carbons (Fsp3) is 0.0833. The van der Waals surface area contributed by atoms with Crippen molar-refractivity contribution in [1.82, 2.24) is 0 Å². The molecule has 0 spiro atoms. The number of pyridine rings is 1. The molecule has 0 atom stereocenters. The van der Waals surface area contributed by atoms with Gasteiger partial charge in [-0.05, 0) is 6.07 Å². The quantitative estimate of drug-likeness (QED) is 0.310. The highest BCUT2D eigenvalue weighted by Gasteiger charge is 2.25. The SMILES string of the molecule is [O-][n+]1ccccc1CNc1c(F)c(F)c(F)c(F)c1F. The monoisotopic (exact) mass is 290 g/mol. The van der Waals surface area contributed by atoms with Crippen molar-refractivity contribution in [1.29, 1.82) is 0 Å². The molecule has 0 aliphatic heterocycles. The molecular formula is C12H7F5N2O. The average Bonchev–Trinajstić information content (AvgIpc) is 2.45. The van der Waals surface area contributed by atoms with Crippen molar-refractivity contribution in [3.05, 3.63) is 64.4 Å². The zero-order chi connectivity index (χ0) is 14.9. The van der Waals surface area contributed by atoms with Crippen LogP contribution in [0.4, 0.5) is 27.6 Å². The molecule has 0 saturated carbocycles. The minimum absolute atomic E-state index is 0.0523. The first-order valence-electron chi connectivity index (χ1n) is 5.36. The number of hydrogen-bond acceptors (Lipinski definition) is 2. The van der Waals surface area contributed by atoms with E-state index < -0.39 is 41.3 Å². The molecule has 0 fully saturated rings. The van der Waals surface area contributed by atoms with Crippen molar-refractivity contribution in [3.8, 4) is 0 Å². The Hall–Kier alpha value is -2.38. The largest absolute Gasteiger partial charge is 0.618 e. The maximum Gasteiger partial charge on any atom is 0.211 e. The summed E-state index contributed by atoms with van der Waals surface area (Å²) in [6, 6.07) is 4.25. The third kappa shape index (κ3) is 2.36. The minimum atomic E-state index is -2.23. The van der Waals surface area contributed by atoms with Crippen LogP contribution in [0.2, 0.25) is 0 Å². The molecule has 8 heteroatoms. The first-order valence-corrected chi connectivity index (χ1v) is 5.36. The highest BCUT2D eigenvalue weighted by molar-refractivity contribution is 5.47. The molecule has 106 valence electrons. The van der Waals surface area contributed by atoms with E-state index in [0.29, 0.717) is 4.73 Å². The molecular weight excluding hydrogens is 283 g/mol. The molecule has 20 heavy (non-hydrogen) atoms. The number of halogens is 5. The summed E-state index contributed by atoms with van der Waals surface area (Å²) in [6.07, 6.45) is 1.13. The van der Waals surface area contributed by atoms with Crippen LogP contribution in [0.15, 0.2) is 24.4 Å². The summed E-state index contributed by atoms with van der Waals surface area (Å²) in [6.45, 7) is -0.400. The summed E-state index contributed by atoms with van der Waals surface area (Å²) in [7, 11) is 0. The van der Waals surface area contributed by atoms with E-state index in [2.05, 4.69) is 0 Å². The minimum Gasteiger partial charge on any atom is -0.618 e.